The first-order chi connectivity index (χ1) is 10.6. The van der Waals surface area contributed by atoms with Gasteiger partial charge in [-0.05, 0) is 25.7 Å². The van der Waals surface area contributed by atoms with E-state index < -0.39 is 0 Å². The topological polar surface area (TPSA) is 61.4 Å². The fourth-order valence-corrected chi connectivity index (χ4v) is 2.76. The molecule has 0 unspecified atom stereocenters. The number of nitrogens with zero attached hydrogens (tertiary/aromatic N) is 4. The summed E-state index contributed by atoms with van der Waals surface area (Å²) in [4.78, 5) is 25.5. The molecular formula is C16H27N5O. The molecule has 0 aliphatic carbocycles. The first kappa shape index (κ1) is 16.5. The Balaban J connectivity index is 2.21. The van der Waals surface area contributed by atoms with E-state index in [0.717, 1.165) is 37.7 Å². The molecule has 0 atom stereocenters. The second-order valence-electron chi connectivity index (χ2n) is 6.00. The summed E-state index contributed by atoms with van der Waals surface area (Å²) >= 11 is 0. The molecule has 6 nitrogen and oxygen atoms in total. The second kappa shape index (κ2) is 7.42. The molecular weight excluding hydrogens is 278 g/mol. The molecule has 1 amide bonds. The number of hydrogen-bond donors (Lipinski definition) is 1. The van der Waals surface area contributed by atoms with Gasteiger partial charge in [-0.15, -0.1) is 0 Å². The Morgan fingerprint density at radius 1 is 1.32 bits per heavy atom. The van der Waals surface area contributed by atoms with E-state index in [1.807, 2.05) is 32.8 Å². The highest BCUT2D eigenvalue weighted by molar-refractivity contribution is 5.95. The summed E-state index contributed by atoms with van der Waals surface area (Å²) in [5.41, 5.74) is 0.685. The van der Waals surface area contributed by atoms with Crippen molar-refractivity contribution < 1.29 is 4.79 Å². The van der Waals surface area contributed by atoms with E-state index in [2.05, 4.69) is 20.2 Å². The van der Waals surface area contributed by atoms with Crippen LogP contribution in [0.1, 0.15) is 39.5 Å². The van der Waals surface area contributed by atoms with Gasteiger partial charge in [-0.3, -0.25) is 4.79 Å². The van der Waals surface area contributed by atoms with E-state index in [4.69, 9.17) is 0 Å². The molecule has 0 bridgehead atoms. The number of rotatable bonds is 6. The van der Waals surface area contributed by atoms with Crippen LogP contribution in [0.5, 0.6) is 0 Å². The van der Waals surface area contributed by atoms with Crippen molar-refractivity contribution >= 4 is 23.4 Å². The molecule has 2 heterocycles. The Morgan fingerprint density at radius 3 is 2.50 bits per heavy atom. The molecule has 2 rings (SSSR count). The maximum Gasteiger partial charge on any atom is 0.227 e. The lowest BCUT2D eigenvalue weighted by molar-refractivity contribution is -0.120. The summed E-state index contributed by atoms with van der Waals surface area (Å²) in [6, 6.07) is 0. The first-order valence-electron chi connectivity index (χ1n) is 8.17. The van der Waals surface area contributed by atoms with Crippen molar-refractivity contribution in [2.75, 3.05) is 42.3 Å². The monoisotopic (exact) mass is 305 g/mol. The molecule has 0 aromatic carbocycles. The van der Waals surface area contributed by atoms with Crippen molar-refractivity contribution in [3.63, 3.8) is 0 Å². The normalized spacial score (nSPS) is 14.5. The minimum atomic E-state index is 0.0354. The Labute approximate surface area is 132 Å². The standard InChI is InChI=1S/C16H27N5O/c1-5-12(6-2)15(22)18-13-11-17-16(19-14(13)20(3)4)21-9-7-8-10-21/h11-12H,5-10H2,1-4H3,(H,18,22). The van der Waals surface area contributed by atoms with Crippen molar-refractivity contribution in [1.82, 2.24) is 9.97 Å². The van der Waals surface area contributed by atoms with Crippen molar-refractivity contribution in [2.24, 2.45) is 5.92 Å². The van der Waals surface area contributed by atoms with Crippen LogP contribution in [0.2, 0.25) is 0 Å². The van der Waals surface area contributed by atoms with E-state index >= 15 is 0 Å². The minimum absolute atomic E-state index is 0.0354. The lowest BCUT2D eigenvalue weighted by Crippen LogP contribution is -2.26. The molecule has 1 N–H and O–H groups in total. The summed E-state index contributed by atoms with van der Waals surface area (Å²) in [6.07, 6.45) is 5.79. The third-order valence-corrected chi connectivity index (χ3v) is 4.18. The van der Waals surface area contributed by atoms with Gasteiger partial charge in [0.05, 0.1) is 6.20 Å². The molecule has 1 fully saturated rings. The fourth-order valence-electron chi connectivity index (χ4n) is 2.76. The number of anilines is 3. The van der Waals surface area contributed by atoms with E-state index in [1.165, 1.54) is 12.8 Å². The zero-order valence-corrected chi connectivity index (χ0v) is 14.1. The zero-order chi connectivity index (χ0) is 16.1. The van der Waals surface area contributed by atoms with Gasteiger partial charge in [0.2, 0.25) is 11.9 Å². The number of carbonyl (C=O) groups is 1. The molecule has 0 radical (unpaired) electrons. The predicted octanol–water partition coefficient (Wildman–Crippen LogP) is 2.52. The van der Waals surface area contributed by atoms with E-state index in [0.29, 0.717) is 5.69 Å². The van der Waals surface area contributed by atoms with Gasteiger partial charge in [-0.1, -0.05) is 13.8 Å². The Morgan fingerprint density at radius 2 is 1.95 bits per heavy atom. The van der Waals surface area contributed by atoms with Gasteiger partial charge in [0.1, 0.15) is 5.69 Å². The highest BCUT2D eigenvalue weighted by Crippen LogP contribution is 2.26. The zero-order valence-electron chi connectivity index (χ0n) is 14.1. The molecule has 122 valence electrons. The highest BCUT2D eigenvalue weighted by Gasteiger charge is 2.20. The van der Waals surface area contributed by atoms with Crippen LogP contribution in [-0.2, 0) is 4.79 Å². The smallest absolute Gasteiger partial charge is 0.227 e. The average Bonchev–Trinajstić information content (AvgIpc) is 3.03. The lowest BCUT2D eigenvalue weighted by Gasteiger charge is -2.22. The molecule has 6 heteroatoms. The largest absolute Gasteiger partial charge is 0.361 e. The summed E-state index contributed by atoms with van der Waals surface area (Å²) in [5, 5.41) is 2.99. The van der Waals surface area contributed by atoms with Crippen LogP contribution in [-0.4, -0.2) is 43.1 Å². The number of nitrogens with one attached hydrogen (secondary N) is 1. The van der Waals surface area contributed by atoms with Crippen LogP contribution < -0.4 is 15.1 Å². The van der Waals surface area contributed by atoms with Crippen molar-refractivity contribution in [3.8, 4) is 0 Å². The van der Waals surface area contributed by atoms with Crippen molar-refractivity contribution in [3.05, 3.63) is 6.20 Å². The van der Waals surface area contributed by atoms with Crippen molar-refractivity contribution in [2.45, 2.75) is 39.5 Å². The lowest BCUT2D eigenvalue weighted by atomic mass is 10.0. The van der Waals surface area contributed by atoms with Gasteiger partial charge in [0.25, 0.3) is 0 Å². The van der Waals surface area contributed by atoms with Crippen LogP contribution in [0.15, 0.2) is 6.20 Å². The van der Waals surface area contributed by atoms with Crippen LogP contribution in [0.25, 0.3) is 0 Å². The molecule has 22 heavy (non-hydrogen) atoms. The quantitative estimate of drug-likeness (QED) is 0.875. The van der Waals surface area contributed by atoms with Crippen LogP contribution in [0, 0.1) is 5.92 Å². The number of aromatic nitrogens is 2. The van der Waals surface area contributed by atoms with Crippen LogP contribution >= 0.6 is 0 Å². The summed E-state index contributed by atoms with van der Waals surface area (Å²) < 4.78 is 0. The van der Waals surface area contributed by atoms with Crippen LogP contribution in [0.4, 0.5) is 17.5 Å². The predicted molar refractivity (Wildman–Crippen MR) is 90.5 cm³/mol. The Hall–Kier alpha value is -1.85. The van der Waals surface area contributed by atoms with Gasteiger partial charge in [-0.25, -0.2) is 4.98 Å². The van der Waals surface area contributed by atoms with Crippen LogP contribution in [0.3, 0.4) is 0 Å². The Kier molecular flexibility index (Phi) is 5.57. The fraction of sp³-hybridized carbons (Fsp3) is 0.688. The molecule has 1 saturated heterocycles. The third kappa shape index (κ3) is 3.67. The highest BCUT2D eigenvalue weighted by atomic mass is 16.1. The number of hydrogen-bond acceptors (Lipinski definition) is 5. The molecule has 0 spiro atoms. The SMILES string of the molecule is CCC(CC)C(=O)Nc1cnc(N2CCCC2)nc1N(C)C. The third-order valence-electron chi connectivity index (χ3n) is 4.18. The van der Waals surface area contributed by atoms with Gasteiger partial charge < -0.3 is 15.1 Å². The summed E-state index contributed by atoms with van der Waals surface area (Å²) in [6.45, 7) is 6.08. The maximum atomic E-state index is 12.3. The molecule has 1 aromatic rings. The number of amides is 1. The van der Waals surface area contributed by atoms with Gasteiger partial charge in [0, 0.05) is 33.1 Å². The van der Waals surface area contributed by atoms with Crippen molar-refractivity contribution in [1.29, 1.82) is 0 Å². The second-order valence-corrected chi connectivity index (χ2v) is 6.00. The maximum absolute atomic E-state index is 12.3. The average molecular weight is 305 g/mol. The van der Waals surface area contributed by atoms with E-state index in [1.54, 1.807) is 6.20 Å². The minimum Gasteiger partial charge on any atom is -0.361 e. The molecule has 1 aliphatic heterocycles. The summed E-state index contributed by atoms with van der Waals surface area (Å²) in [5.74, 6) is 1.59. The molecule has 1 aliphatic rings. The van der Waals surface area contributed by atoms with E-state index in [9.17, 15) is 4.79 Å². The van der Waals surface area contributed by atoms with E-state index in [-0.39, 0.29) is 11.8 Å². The number of carbonyl (C=O) groups excluding carboxylic acids is 1. The van der Waals surface area contributed by atoms with Gasteiger partial charge >= 0.3 is 0 Å². The molecule has 1 aromatic heterocycles. The molecule has 0 saturated carbocycles. The first-order valence-corrected chi connectivity index (χ1v) is 8.17. The van der Waals surface area contributed by atoms with Gasteiger partial charge in [0.15, 0.2) is 5.82 Å². The van der Waals surface area contributed by atoms with Gasteiger partial charge in [-0.2, -0.15) is 4.98 Å². The summed E-state index contributed by atoms with van der Waals surface area (Å²) in [7, 11) is 3.87. The Bertz CT molecular complexity index is 507.